The molecule has 3 heterocycles. The SMILES string of the molecule is O=C(Nc1ccc2scnc2c1)N1CCC(CN2CCCCC2)C1. The van der Waals surface area contributed by atoms with Crippen LogP contribution in [0.1, 0.15) is 25.7 Å². The molecule has 2 aromatic rings. The molecule has 0 bridgehead atoms. The third-order valence-corrected chi connectivity index (χ3v) is 5.93. The number of carbonyl (C=O) groups is 1. The van der Waals surface area contributed by atoms with Gasteiger partial charge < -0.3 is 15.1 Å². The van der Waals surface area contributed by atoms with Crippen LogP contribution in [0.2, 0.25) is 0 Å². The molecule has 1 aromatic carbocycles. The summed E-state index contributed by atoms with van der Waals surface area (Å²) in [5.41, 5.74) is 3.61. The zero-order valence-corrected chi connectivity index (χ0v) is 14.7. The number of hydrogen-bond donors (Lipinski definition) is 1. The van der Waals surface area contributed by atoms with Gasteiger partial charge in [-0.15, -0.1) is 11.3 Å². The van der Waals surface area contributed by atoms with Crippen molar-refractivity contribution in [1.29, 1.82) is 0 Å². The second-order valence-electron chi connectivity index (χ2n) is 6.93. The fourth-order valence-electron chi connectivity index (χ4n) is 3.81. The molecule has 1 unspecified atom stereocenters. The van der Waals surface area contributed by atoms with Crippen LogP contribution >= 0.6 is 11.3 Å². The molecule has 1 N–H and O–H groups in total. The maximum absolute atomic E-state index is 12.5. The summed E-state index contributed by atoms with van der Waals surface area (Å²) in [5, 5.41) is 3.03. The van der Waals surface area contributed by atoms with E-state index in [2.05, 4.69) is 15.2 Å². The van der Waals surface area contributed by atoms with E-state index < -0.39 is 0 Å². The number of nitrogens with zero attached hydrogens (tertiary/aromatic N) is 3. The number of thiazole rings is 1. The molecule has 0 spiro atoms. The van der Waals surface area contributed by atoms with Crippen LogP contribution in [-0.4, -0.2) is 53.5 Å². The first-order chi connectivity index (χ1) is 11.8. The fraction of sp³-hybridized carbons (Fsp3) is 0.556. The monoisotopic (exact) mass is 344 g/mol. The molecular formula is C18H24N4OS. The average molecular weight is 344 g/mol. The summed E-state index contributed by atoms with van der Waals surface area (Å²) in [7, 11) is 0. The van der Waals surface area contributed by atoms with Crippen molar-refractivity contribution in [3.05, 3.63) is 23.7 Å². The zero-order chi connectivity index (χ0) is 16.4. The standard InChI is InChI=1S/C18H24N4OS/c23-18(20-15-4-5-17-16(10-15)19-13-24-17)22-9-6-14(12-22)11-21-7-2-1-3-8-21/h4-5,10,13-14H,1-3,6-9,11-12H2,(H,20,23). The lowest BCUT2D eigenvalue weighted by atomic mass is 10.1. The predicted molar refractivity (Wildman–Crippen MR) is 98.6 cm³/mol. The maximum Gasteiger partial charge on any atom is 0.321 e. The van der Waals surface area contributed by atoms with Gasteiger partial charge in [-0.2, -0.15) is 0 Å². The van der Waals surface area contributed by atoms with Crippen molar-refractivity contribution in [2.45, 2.75) is 25.7 Å². The van der Waals surface area contributed by atoms with Gasteiger partial charge >= 0.3 is 6.03 Å². The Hall–Kier alpha value is -1.66. The van der Waals surface area contributed by atoms with Crippen LogP contribution in [0, 0.1) is 5.92 Å². The first kappa shape index (κ1) is 15.8. The van der Waals surface area contributed by atoms with Crippen LogP contribution < -0.4 is 5.32 Å². The Labute approximate surface area is 146 Å². The highest BCUT2D eigenvalue weighted by molar-refractivity contribution is 7.16. The van der Waals surface area contributed by atoms with E-state index in [0.29, 0.717) is 5.92 Å². The van der Waals surface area contributed by atoms with Gasteiger partial charge in [0.05, 0.1) is 15.7 Å². The van der Waals surface area contributed by atoms with Gasteiger partial charge in [0.15, 0.2) is 0 Å². The average Bonchev–Trinajstić information content (AvgIpc) is 3.24. The summed E-state index contributed by atoms with van der Waals surface area (Å²) in [6.07, 6.45) is 5.15. The Bertz CT molecular complexity index is 710. The molecule has 2 saturated heterocycles. The molecule has 2 fully saturated rings. The minimum absolute atomic E-state index is 0.0192. The summed E-state index contributed by atoms with van der Waals surface area (Å²) < 4.78 is 1.15. The van der Waals surface area contributed by atoms with Crippen molar-refractivity contribution in [3.63, 3.8) is 0 Å². The minimum Gasteiger partial charge on any atom is -0.324 e. The third-order valence-electron chi connectivity index (χ3n) is 5.12. The summed E-state index contributed by atoms with van der Waals surface area (Å²) in [6, 6.07) is 5.95. The van der Waals surface area contributed by atoms with Crippen LogP contribution in [0.3, 0.4) is 0 Å². The molecule has 0 saturated carbocycles. The van der Waals surface area contributed by atoms with Gasteiger partial charge in [-0.3, -0.25) is 0 Å². The van der Waals surface area contributed by atoms with E-state index in [9.17, 15) is 4.79 Å². The van der Waals surface area contributed by atoms with Crippen LogP contribution in [-0.2, 0) is 0 Å². The highest BCUT2D eigenvalue weighted by Crippen LogP contribution is 2.23. The number of piperidine rings is 1. The molecule has 4 rings (SSSR count). The molecule has 24 heavy (non-hydrogen) atoms. The summed E-state index contributed by atoms with van der Waals surface area (Å²) in [4.78, 5) is 21.4. The third kappa shape index (κ3) is 3.54. The lowest BCUT2D eigenvalue weighted by Crippen LogP contribution is -2.37. The molecule has 0 aliphatic carbocycles. The van der Waals surface area contributed by atoms with Gasteiger partial charge in [0.2, 0.25) is 0 Å². The molecule has 2 amide bonds. The van der Waals surface area contributed by atoms with E-state index >= 15 is 0 Å². The van der Waals surface area contributed by atoms with Crippen molar-refractivity contribution in [1.82, 2.24) is 14.8 Å². The maximum atomic E-state index is 12.5. The normalized spacial score (nSPS) is 22.2. The molecular weight excluding hydrogens is 320 g/mol. The van der Waals surface area contributed by atoms with Crippen LogP contribution in [0.5, 0.6) is 0 Å². The second-order valence-corrected chi connectivity index (χ2v) is 7.81. The van der Waals surface area contributed by atoms with E-state index in [-0.39, 0.29) is 6.03 Å². The lowest BCUT2D eigenvalue weighted by molar-refractivity contribution is 0.192. The molecule has 5 nitrogen and oxygen atoms in total. The zero-order valence-electron chi connectivity index (χ0n) is 13.9. The number of hydrogen-bond acceptors (Lipinski definition) is 4. The summed E-state index contributed by atoms with van der Waals surface area (Å²) in [6.45, 7) is 5.35. The number of fused-ring (bicyclic) bond motifs is 1. The number of amides is 2. The van der Waals surface area contributed by atoms with Crippen molar-refractivity contribution in [2.75, 3.05) is 38.0 Å². The lowest BCUT2D eigenvalue weighted by Gasteiger charge is -2.29. The number of rotatable bonds is 3. The highest BCUT2D eigenvalue weighted by atomic mass is 32.1. The number of aromatic nitrogens is 1. The van der Waals surface area contributed by atoms with Gasteiger partial charge in [0, 0.05) is 25.3 Å². The van der Waals surface area contributed by atoms with E-state index in [1.165, 1.54) is 32.4 Å². The Morgan fingerprint density at radius 2 is 2.12 bits per heavy atom. The van der Waals surface area contributed by atoms with Gasteiger partial charge in [-0.25, -0.2) is 9.78 Å². The topological polar surface area (TPSA) is 48.5 Å². The first-order valence-corrected chi connectivity index (χ1v) is 9.77. The smallest absolute Gasteiger partial charge is 0.321 e. The van der Waals surface area contributed by atoms with Crippen LogP contribution in [0.15, 0.2) is 23.7 Å². The van der Waals surface area contributed by atoms with Crippen LogP contribution in [0.25, 0.3) is 10.2 Å². The molecule has 2 aliphatic heterocycles. The Morgan fingerprint density at radius 1 is 1.25 bits per heavy atom. The summed E-state index contributed by atoms with van der Waals surface area (Å²) in [5.74, 6) is 0.620. The van der Waals surface area contributed by atoms with Crippen molar-refractivity contribution in [3.8, 4) is 0 Å². The number of likely N-dealkylation sites (tertiary alicyclic amines) is 2. The number of benzene rings is 1. The van der Waals surface area contributed by atoms with E-state index in [1.807, 2.05) is 28.6 Å². The molecule has 128 valence electrons. The number of nitrogens with one attached hydrogen (secondary N) is 1. The Morgan fingerprint density at radius 3 is 3.00 bits per heavy atom. The van der Waals surface area contributed by atoms with Crippen molar-refractivity contribution < 1.29 is 4.79 Å². The van der Waals surface area contributed by atoms with E-state index in [1.54, 1.807) is 11.3 Å². The van der Waals surface area contributed by atoms with Gasteiger partial charge in [-0.05, 0) is 56.5 Å². The van der Waals surface area contributed by atoms with Crippen molar-refractivity contribution in [2.24, 2.45) is 5.92 Å². The first-order valence-electron chi connectivity index (χ1n) is 8.89. The second kappa shape index (κ2) is 7.07. The minimum atomic E-state index is 0.0192. The number of carbonyl (C=O) groups excluding carboxylic acids is 1. The summed E-state index contributed by atoms with van der Waals surface area (Å²) >= 11 is 1.62. The number of urea groups is 1. The highest BCUT2D eigenvalue weighted by Gasteiger charge is 2.28. The Kier molecular flexibility index (Phi) is 4.67. The van der Waals surface area contributed by atoms with Crippen molar-refractivity contribution >= 4 is 33.3 Å². The Balaban J connectivity index is 1.31. The van der Waals surface area contributed by atoms with Gasteiger partial charge in [0.1, 0.15) is 0 Å². The van der Waals surface area contributed by atoms with E-state index in [4.69, 9.17) is 0 Å². The van der Waals surface area contributed by atoms with Gasteiger partial charge in [-0.1, -0.05) is 6.42 Å². The molecule has 6 heteroatoms. The van der Waals surface area contributed by atoms with Gasteiger partial charge in [0.25, 0.3) is 0 Å². The molecule has 1 atom stereocenters. The fourth-order valence-corrected chi connectivity index (χ4v) is 4.47. The predicted octanol–water partition coefficient (Wildman–Crippen LogP) is 3.64. The number of anilines is 1. The molecule has 1 aromatic heterocycles. The molecule has 0 radical (unpaired) electrons. The van der Waals surface area contributed by atoms with E-state index in [0.717, 1.165) is 42.0 Å². The van der Waals surface area contributed by atoms with Crippen LogP contribution in [0.4, 0.5) is 10.5 Å². The molecule has 2 aliphatic rings. The quantitative estimate of drug-likeness (QED) is 0.925. The largest absolute Gasteiger partial charge is 0.324 e.